The topological polar surface area (TPSA) is 47.7 Å². The molecule has 0 saturated carbocycles. The summed E-state index contributed by atoms with van der Waals surface area (Å²) in [5, 5.41) is 0. The summed E-state index contributed by atoms with van der Waals surface area (Å²) >= 11 is 0. The number of nitrogens with two attached hydrogens (primary N) is 1. The molecule has 2 aliphatic heterocycles. The van der Waals surface area contributed by atoms with E-state index in [2.05, 4.69) is 4.90 Å². The van der Waals surface area contributed by atoms with Crippen LogP contribution in [0, 0.1) is 5.82 Å². The molecule has 1 unspecified atom stereocenters. The Labute approximate surface area is 125 Å². The molecular formula is C16H23FN2O2. The molecule has 1 saturated heterocycles. The third-order valence-electron chi connectivity index (χ3n) is 4.45. The zero-order valence-corrected chi connectivity index (χ0v) is 12.5. The Morgan fingerprint density at radius 1 is 1.24 bits per heavy atom. The minimum Gasteiger partial charge on any atom is -0.486 e. The van der Waals surface area contributed by atoms with Crippen molar-refractivity contribution < 1.29 is 13.9 Å². The monoisotopic (exact) mass is 294 g/mol. The maximum absolute atomic E-state index is 14.1. The van der Waals surface area contributed by atoms with Crippen LogP contribution in [0.1, 0.15) is 31.2 Å². The highest BCUT2D eigenvalue weighted by atomic mass is 19.1. The lowest BCUT2D eigenvalue weighted by Crippen LogP contribution is -2.39. The van der Waals surface area contributed by atoms with Crippen LogP contribution in [-0.4, -0.2) is 43.8 Å². The number of nitrogens with zero attached hydrogens (tertiary/aromatic N) is 1. The Morgan fingerprint density at radius 3 is 2.71 bits per heavy atom. The molecule has 0 aliphatic carbocycles. The van der Waals surface area contributed by atoms with Crippen molar-refractivity contribution >= 4 is 0 Å². The molecule has 0 aromatic heterocycles. The van der Waals surface area contributed by atoms with E-state index in [1.54, 1.807) is 0 Å². The Kier molecular flexibility index (Phi) is 4.31. The minimum atomic E-state index is -0.359. The number of ether oxygens (including phenoxy) is 2. The lowest BCUT2D eigenvalue weighted by Gasteiger charge is -2.27. The lowest BCUT2D eigenvalue weighted by molar-refractivity contribution is 0.164. The molecule has 2 aliphatic rings. The molecule has 4 nitrogen and oxygen atoms in total. The number of halogens is 1. The highest BCUT2D eigenvalue weighted by Crippen LogP contribution is 2.36. The normalized spacial score (nSPS) is 21.3. The van der Waals surface area contributed by atoms with Gasteiger partial charge < -0.3 is 20.1 Å². The first kappa shape index (κ1) is 14.6. The Hall–Kier alpha value is -1.33. The molecule has 1 aromatic rings. The first-order valence-electron chi connectivity index (χ1n) is 7.72. The number of hydrogen-bond acceptors (Lipinski definition) is 4. The molecule has 0 bridgehead atoms. The molecule has 2 heterocycles. The van der Waals surface area contributed by atoms with Gasteiger partial charge in [-0.2, -0.15) is 0 Å². The van der Waals surface area contributed by atoms with Crippen molar-refractivity contribution in [1.82, 2.24) is 4.90 Å². The zero-order valence-electron chi connectivity index (χ0n) is 12.5. The standard InChI is InChI=1S/C16H23FN2O2/c1-11(14(18)10-19-4-2-3-5-19)12-8-13(17)16-15(9-12)20-6-7-21-16/h8-9,11,14H,2-7,10,18H2,1H3/t11?,14-/m1/s1. The van der Waals surface area contributed by atoms with E-state index in [1.807, 2.05) is 13.0 Å². The smallest absolute Gasteiger partial charge is 0.197 e. The van der Waals surface area contributed by atoms with E-state index in [-0.39, 0.29) is 23.5 Å². The van der Waals surface area contributed by atoms with Crippen LogP contribution in [-0.2, 0) is 0 Å². The highest BCUT2D eigenvalue weighted by Gasteiger charge is 2.24. The van der Waals surface area contributed by atoms with Gasteiger partial charge in [-0.15, -0.1) is 0 Å². The van der Waals surface area contributed by atoms with Gasteiger partial charge in [0.15, 0.2) is 17.3 Å². The van der Waals surface area contributed by atoms with Crippen LogP contribution < -0.4 is 15.2 Å². The second-order valence-electron chi connectivity index (χ2n) is 5.99. The van der Waals surface area contributed by atoms with Gasteiger partial charge in [-0.1, -0.05) is 6.92 Å². The van der Waals surface area contributed by atoms with E-state index in [0.717, 1.165) is 25.2 Å². The van der Waals surface area contributed by atoms with Crippen molar-refractivity contribution in [2.75, 3.05) is 32.8 Å². The van der Waals surface area contributed by atoms with Crippen LogP contribution >= 0.6 is 0 Å². The van der Waals surface area contributed by atoms with Crippen LogP contribution in [0.4, 0.5) is 4.39 Å². The van der Waals surface area contributed by atoms with Gasteiger partial charge in [-0.25, -0.2) is 4.39 Å². The molecule has 1 fully saturated rings. The van der Waals surface area contributed by atoms with Gasteiger partial charge in [0.25, 0.3) is 0 Å². The number of likely N-dealkylation sites (tertiary alicyclic amines) is 1. The summed E-state index contributed by atoms with van der Waals surface area (Å²) < 4.78 is 24.9. The second-order valence-corrected chi connectivity index (χ2v) is 5.99. The second kappa shape index (κ2) is 6.20. The summed E-state index contributed by atoms with van der Waals surface area (Å²) in [5.41, 5.74) is 7.20. The molecule has 5 heteroatoms. The number of hydrogen-bond donors (Lipinski definition) is 1. The Morgan fingerprint density at radius 2 is 1.95 bits per heavy atom. The third-order valence-corrected chi connectivity index (χ3v) is 4.45. The van der Waals surface area contributed by atoms with Crippen LogP contribution in [0.25, 0.3) is 0 Å². The van der Waals surface area contributed by atoms with Crippen molar-refractivity contribution in [2.24, 2.45) is 5.73 Å². The van der Waals surface area contributed by atoms with Crippen LogP contribution in [0.2, 0.25) is 0 Å². The van der Waals surface area contributed by atoms with E-state index in [4.69, 9.17) is 15.2 Å². The van der Waals surface area contributed by atoms with Gasteiger partial charge >= 0.3 is 0 Å². The first-order valence-corrected chi connectivity index (χ1v) is 7.72. The zero-order chi connectivity index (χ0) is 14.8. The fraction of sp³-hybridized carbons (Fsp3) is 0.625. The minimum absolute atomic E-state index is 0.00920. The Bertz CT molecular complexity index is 503. The maximum atomic E-state index is 14.1. The van der Waals surface area contributed by atoms with E-state index >= 15 is 0 Å². The van der Waals surface area contributed by atoms with Crippen LogP contribution in [0.15, 0.2) is 12.1 Å². The van der Waals surface area contributed by atoms with Crippen molar-refractivity contribution in [3.63, 3.8) is 0 Å². The van der Waals surface area contributed by atoms with Gasteiger partial charge in [-0.05, 0) is 49.5 Å². The summed E-state index contributed by atoms with van der Waals surface area (Å²) in [6, 6.07) is 3.39. The van der Waals surface area contributed by atoms with Gasteiger partial charge in [0.05, 0.1) is 0 Å². The van der Waals surface area contributed by atoms with Crippen molar-refractivity contribution in [3.05, 3.63) is 23.5 Å². The largest absolute Gasteiger partial charge is 0.486 e. The van der Waals surface area contributed by atoms with E-state index in [1.165, 1.54) is 18.9 Å². The number of rotatable bonds is 4. The first-order chi connectivity index (χ1) is 10.1. The van der Waals surface area contributed by atoms with E-state index in [9.17, 15) is 4.39 Å². The number of fused-ring (bicyclic) bond motifs is 1. The summed E-state index contributed by atoms with van der Waals surface area (Å²) in [6.07, 6.45) is 2.50. The van der Waals surface area contributed by atoms with Gasteiger partial charge in [-0.3, -0.25) is 0 Å². The fourth-order valence-electron chi connectivity index (χ4n) is 3.06. The average Bonchev–Trinajstić information content (AvgIpc) is 2.99. The third kappa shape index (κ3) is 3.14. The molecule has 0 amide bonds. The Balaban J connectivity index is 1.74. The number of benzene rings is 1. The SMILES string of the molecule is CC(c1cc(F)c2c(c1)OCCO2)[C@H](N)CN1CCCC1. The summed E-state index contributed by atoms with van der Waals surface area (Å²) in [6.45, 7) is 6.01. The van der Waals surface area contributed by atoms with Gasteiger partial charge in [0.2, 0.25) is 0 Å². The lowest BCUT2D eigenvalue weighted by atomic mass is 9.93. The average molecular weight is 294 g/mol. The molecule has 3 rings (SSSR count). The molecule has 116 valence electrons. The summed E-state index contributed by atoms with van der Waals surface area (Å²) in [5.74, 6) is 0.445. The molecule has 21 heavy (non-hydrogen) atoms. The molecule has 1 aromatic carbocycles. The molecule has 2 atom stereocenters. The quantitative estimate of drug-likeness (QED) is 0.924. The van der Waals surface area contributed by atoms with E-state index < -0.39 is 0 Å². The molecule has 0 radical (unpaired) electrons. The summed E-state index contributed by atoms with van der Waals surface area (Å²) in [7, 11) is 0. The molecule has 2 N–H and O–H groups in total. The predicted octanol–water partition coefficient (Wildman–Crippen LogP) is 2.12. The fourth-order valence-corrected chi connectivity index (χ4v) is 3.06. The molecule has 0 spiro atoms. The molecular weight excluding hydrogens is 271 g/mol. The predicted molar refractivity (Wildman–Crippen MR) is 79.5 cm³/mol. The van der Waals surface area contributed by atoms with Gasteiger partial charge in [0, 0.05) is 12.6 Å². The van der Waals surface area contributed by atoms with Crippen LogP contribution in [0.5, 0.6) is 11.5 Å². The van der Waals surface area contributed by atoms with Gasteiger partial charge in [0.1, 0.15) is 13.2 Å². The van der Waals surface area contributed by atoms with E-state index in [0.29, 0.717) is 19.0 Å². The van der Waals surface area contributed by atoms with Crippen LogP contribution in [0.3, 0.4) is 0 Å². The van der Waals surface area contributed by atoms with Crippen molar-refractivity contribution in [3.8, 4) is 11.5 Å². The summed E-state index contributed by atoms with van der Waals surface area (Å²) in [4.78, 5) is 2.38. The van der Waals surface area contributed by atoms with Crippen molar-refractivity contribution in [2.45, 2.75) is 31.7 Å². The highest BCUT2D eigenvalue weighted by molar-refractivity contribution is 5.46. The maximum Gasteiger partial charge on any atom is 0.197 e. The van der Waals surface area contributed by atoms with Crippen molar-refractivity contribution in [1.29, 1.82) is 0 Å².